The van der Waals surface area contributed by atoms with Crippen molar-refractivity contribution < 1.29 is 8.42 Å². The smallest absolute Gasteiger partial charge is 0.191 e. The molecule has 0 fully saturated rings. The first kappa shape index (κ1) is 23.6. The molecular formula is C15H29IN4O2S2. The average molecular weight is 488 g/mol. The van der Waals surface area contributed by atoms with Crippen LogP contribution in [0, 0.1) is 13.8 Å². The standard InChI is InChI=1S/C15H28N4O2S2.HI/c1-11-12(2)22-13(19-11)7-8-17-14(16-6)18-9-10-23(20,21)15(3,4)5;/h7-10H2,1-6H3,(H2,16,17,18);1H. The molecule has 6 nitrogen and oxygen atoms in total. The van der Waals surface area contributed by atoms with Gasteiger partial charge in [0.25, 0.3) is 0 Å². The largest absolute Gasteiger partial charge is 0.356 e. The maximum Gasteiger partial charge on any atom is 0.191 e. The molecule has 140 valence electrons. The van der Waals surface area contributed by atoms with Crippen molar-refractivity contribution in [3.8, 4) is 0 Å². The second kappa shape index (κ2) is 9.91. The number of thiazole rings is 1. The lowest BCUT2D eigenvalue weighted by atomic mass is 10.3. The zero-order valence-corrected chi connectivity index (χ0v) is 19.2. The van der Waals surface area contributed by atoms with Crippen LogP contribution in [0.5, 0.6) is 0 Å². The molecule has 0 unspecified atom stereocenters. The molecule has 1 aromatic rings. The number of aryl methyl sites for hydroxylation is 2. The number of aliphatic imine (C=N–C) groups is 1. The SMILES string of the molecule is CN=C(NCCc1nc(C)c(C)s1)NCCS(=O)(=O)C(C)(C)C.I. The van der Waals surface area contributed by atoms with E-state index in [1.165, 1.54) is 4.88 Å². The maximum absolute atomic E-state index is 12.0. The Morgan fingerprint density at radius 3 is 2.25 bits per heavy atom. The molecule has 0 radical (unpaired) electrons. The first-order chi connectivity index (χ1) is 10.6. The van der Waals surface area contributed by atoms with Gasteiger partial charge in [-0.3, -0.25) is 4.99 Å². The molecule has 0 aliphatic rings. The molecule has 0 spiro atoms. The van der Waals surface area contributed by atoms with Crippen molar-refractivity contribution in [2.45, 2.75) is 45.8 Å². The number of guanidine groups is 1. The molecule has 0 aliphatic heterocycles. The highest BCUT2D eigenvalue weighted by Crippen LogP contribution is 2.16. The van der Waals surface area contributed by atoms with E-state index >= 15 is 0 Å². The van der Waals surface area contributed by atoms with Gasteiger partial charge in [-0.2, -0.15) is 0 Å². The summed E-state index contributed by atoms with van der Waals surface area (Å²) in [7, 11) is -1.45. The lowest BCUT2D eigenvalue weighted by Gasteiger charge is -2.19. The number of aromatic nitrogens is 1. The van der Waals surface area contributed by atoms with Gasteiger partial charge in [0, 0.05) is 31.4 Å². The molecule has 0 saturated carbocycles. The normalized spacial score (nSPS) is 12.7. The molecule has 9 heteroatoms. The number of hydrogen-bond acceptors (Lipinski definition) is 5. The van der Waals surface area contributed by atoms with E-state index in [9.17, 15) is 8.42 Å². The maximum atomic E-state index is 12.0. The Morgan fingerprint density at radius 1 is 1.21 bits per heavy atom. The molecule has 0 bridgehead atoms. The number of nitrogens with one attached hydrogen (secondary N) is 2. The fraction of sp³-hybridized carbons (Fsp3) is 0.733. The van der Waals surface area contributed by atoms with Crippen LogP contribution in [0.4, 0.5) is 0 Å². The van der Waals surface area contributed by atoms with Crippen LogP contribution in [0.15, 0.2) is 4.99 Å². The topological polar surface area (TPSA) is 83.4 Å². The Bertz CT molecular complexity index is 629. The molecule has 0 atom stereocenters. The minimum absolute atomic E-state index is 0. The van der Waals surface area contributed by atoms with Gasteiger partial charge in [-0.05, 0) is 34.6 Å². The highest BCUT2D eigenvalue weighted by molar-refractivity contribution is 14.0. The van der Waals surface area contributed by atoms with Gasteiger partial charge in [-0.1, -0.05) is 0 Å². The van der Waals surface area contributed by atoms with Gasteiger partial charge in [-0.25, -0.2) is 13.4 Å². The molecule has 0 amide bonds. The molecule has 0 saturated heterocycles. The van der Waals surface area contributed by atoms with Crippen molar-refractivity contribution >= 4 is 51.1 Å². The summed E-state index contributed by atoms with van der Waals surface area (Å²) in [5.74, 6) is 0.696. The molecule has 1 heterocycles. The first-order valence-corrected chi connectivity index (χ1v) is 10.1. The third kappa shape index (κ3) is 7.22. The van der Waals surface area contributed by atoms with Crippen LogP contribution < -0.4 is 10.6 Å². The fourth-order valence-electron chi connectivity index (χ4n) is 1.76. The number of rotatable bonds is 6. The van der Waals surface area contributed by atoms with Gasteiger partial charge in [0.1, 0.15) is 0 Å². The van der Waals surface area contributed by atoms with E-state index in [4.69, 9.17) is 0 Å². The van der Waals surface area contributed by atoms with E-state index in [1.807, 2.05) is 6.92 Å². The van der Waals surface area contributed by atoms with Crippen molar-refractivity contribution in [2.75, 3.05) is 25.9 Å². The van der Waals surface area contributed by atoms with Crippen LogP contribution in [0.2, 0.25) is 0 Å². The van der Waals surface area contributed by atoms with Gasteiger partial charge in [0.15, 0.2) is 15.8 Å². The van der Waals surface area contributed by atoms with Crippen LogP contribution in [0.25, 0.3) is 0 Å². The average Bonchev–Trinajstić information content (AvgIpc) is 2.74. The molecular weight excluding hydrogens is 459 g/mol. The quantitative estimate of drug-likeness (QED) is 0.365. The Balaban J connectivity index is 0.00000529. The third-order valence-electron chi connectivity index (χ3n) is 3.52. The minimum Gasteiger partial charge on any atom is -0.356 e. The van der Waals surface area contributed by atoms with Crippen LogP contribution in [-0.2, 0) is 16.3 Å². The first-order valence-electron chi connectivity index (χ1n) is 7.66. The second-order valence-corrected chi connectivity index (χ2v) is 10.5. The van der Waals surface area contributed by atoms with Crippen LogP contribution in [0.3, 0.4) is 0 Å². The summed E-state index contributed by atoms with van der Waals surface area (Å²) >= 11 is 1.71. The van der Waals surface area contributed by atoms with Gasteiger partial charge in [-0.15, -0.1) is 35.3 Å². The summed E-state index contributed by atoms with van der Waals surface area (Å²) in [6.45, 7) is 10.3. The van der Waals surface area contributed by atoms with E-state index in [2.05, 4.69) is 27.5 Å². The molecule has 2 N–H and O–H groups in total. The fourth-order valence-corrected chi connectivity index (χ4v) is 3.68. The zero-order valence-electron chi connectivity index (χ0n) is 15.3. The van der Waals surface area contributed by atoms with E-state index in [0.717, 1.165) is 17.1 Å². The molecule has 1 aromatic heterocycles. The van der Waals surface area contributed by atoms with Crippen LogP contribution >= 0.6 is 35.3 Å². The Labute approximate surface area is 166 Å². The van der Waals surface area contributed by atoms with Gasteiger partial charge in [0.05, 0.1) is 21.2 Å². The molecule has 1 rings (SSSR count). The van der Waals surface area contributed by atoms with E-state index in [1.54, 1.807) is 39.2 Å². The predicted molar refractivity (Wildman–Crippen MR) is 114 cm³/mol. The van der Waals surface area contributed by atoms with E-state index < -0.39 is 14.6 Å². The summed E-state index contributed by atoms with van der Waals surface area (Å²) < 4.78 is 23.4. The van der Waals surface area contributed by atoms with Gasteiger partial charge in [0.2, 0.25) is 0 Å². The molecule has 0 aromatic carbocycles. The Kier molecular flexibility index (Phi) is 9.73. The van der Waals surface area contributed by atoms with Gasteiger partial charge < -0.3 is 10.6 Å². The third-order valence-corrected chi connectivity index (χ3v) is 7.26. The Morgan fingerprint density at radius 2 is 1.79 bits per heavy atom. The monoisotopic (exact) mass is 488 g/mol. The van der Waals surface area contributed by atoms with Crippen LogP contribution in [-0.4, -0.2) is 50.0 Å². The number of hydrogen-bond donors (Lipinski definition) is 2. The summed E-state index contributed by atoms with van der Waals surface area (Å²) in [6.07, 6.45) is 0.820. The molecule has 24 heavy (non-hydrogen) atoms. The summed E-state index contributed by atoms with van der Waals surface area (Å²) in [6, 6.07) is 0. The van der Waals surface area contributed by atoms with Crippen molar-refractivity contribution in [1.82, 2.24) is 15.6 Å². The van der Waals surface area contributed by atoms with Crippen molar-refractivity contribution in [3.05, 3.63) is 15.6 Å². The highest BCUT2D eigenvalue weighted by Gasteiger charge is 2.28. The van der Waals surface area contributed by atoms with Crippen molar-refractivity contribution in [3.63, 3.8) is 0 Å². The van der Waals surface area contributed by atoms with E-state index in [-0.39, 0.29) is 29.7 Å². The van der Waals surface area contributed by atoms with Gasteiger partial charge >= 0.3 is 0 Å². The second-order valence-electron chi connectivity index (χ2n) is 6.36. The van der Waals surface area contributed by atoms with Crippen molar-refractivity contribution in [1.29, 1.82) is 0 Å². The lowest BCUT2D eigenvalue weighted by molar-refractivity contribution is 0.559. The number of halogens is 1. The van der Waals surface area contributed by atoms with Crippen LogP contribution in [0.1, 0.15) is 36.3 Å². The summed E-state index contributed by atoms with van der Waals surface area (Å²) in [5, 5.41) is 7.32. The van der Waals surface area contributed by atoms with E-state index in [0.29, 0.717) is 19.0 Å². The summed E-state index contributed by atoms with van der Waals surface area (Å²) in [5.41, 5.74) is 1.08. The lowest BCUT2D eigenvalue weighted by Crippen LogP contribution is -2.42. The highest BCUT2D eigenvalue weighted by atomic mass is 127. The predicted octanol–water partition coefficient (Wildman–Crippen LogP) is 2.30. The van der Waals surface area contributed by atoms with Crippen molar-refractivity contribution in [2.24, 2.45) is 4.99 Å². The Hall–Kier alpha value is -0.420. The number of sulfone groups is 1. The zero-order chi connectivity index (χ0) is 17.7. The summed E-state index contributed by atoms with van der Waals surface area (Å²) in [4.78, 5) is 9.84. The number of nitrogens with zero attached hydrogens (tertiary/aromatic N) is 2. The minimum atomic E-state index is -3.12. The molecule has 0 aliphatic carbocycles.